The Morgan fingerprint density at radius 3 is 2.50 bits per heavy atom. The van der Waals surface area contributed by atoms with Crippen molar-refractivity contribution in [3.05, 3.63) is 59.7 Å². The van der Waals surface area contributed by atoms with Gasteiger partial charge in [0.25, 0.3) is 0 Å². The Kier molecular flexibility index (Phi) is 4.60. The molecule has 1 amide bonds. The molecule has 104 valence electrons. The minimum atomic E-state index is -0.0954. The topological polar surface area (TPSA) is 75.3 Å². The van der Waals surface area contributed by atoms with E-state index in [1.165, 1.54) is 0 Å². The van der Waals surface area contributed by atoms with Gasteiger partial charge in [0.2, 0.25) is 5.91 Å². The summed E-state index contributed by atoms with van der Waals surface area (Å²) >= 11 is 0. The third kappa shape index (κ3) is 4.02. The summed E-state index contributed by atoms with van der Waals surface area (Å²) in [7, 11) is 0. The molecule has 0 spiro atoms. The summed E-state index contributed by atoms with van der Waals surface area (Å²) in [6.07, 6.45) is 0.946. The second-order valence-corrected chi connectivity index (χ2v) is 4.65. The van der Waals surface area contributed by atoms with Crippen LogP contribution in [-0.2, 0) is 17.6 Å². The first-order valence-corrected chi connectivity index (χ1v) is 6.53. The molecule has 0 unspecified atom stereocenters. The number of rotatable bonds is 5. The predicted octanol–water partition coefficient (Wildman–Crippen LogP) is 1.88. The van der Waals surface area contributed by atoms with Crippen molar-refractivity contribution >= 4 is 11.6 Å². The number of carbonyl (C=O) groups is 1. The standard InChI is InChI=1S/C16H18N2O2/c17-14-7-5-12(6-8-14)9-10-18-16(20)11-13-3-1-2-4-15(13)19/h1-8,19H,9-11,17H2,(H,18,20). The number of aromatic hydroxyl groups is 1. The SMILES string of the molecule is Nc1ccc(CCNC(=O)Cc2ccccc2O)cc1. The number of phenolic OH excluding ortho intramolecular Hbond substituents is 1. The summed E-state index contributed by atoms with van der Waals surface area (Å²) in [6.45, 7) is 0.566. The highest BCUT2D eigenvalue weighted by atomic mass is 16.3. The van der Waals surface area contributed by atoms with Gasteiger partial charge in [-0.2, -0.15) is 0 Å². The molecule has 0 radical (unpaired) electrons. The molecule has 0 fully saturated rings. The summed E-state index contributed by atoms with van der Waals surface area (Å²) in [5.41, 5.74) is 8.11. The van der Waals surface area contributed by atoms with Gasteiger partial charge in [-0.3, -0.25) is 4.79 Å². The van der Waals surface area contributed by atoms with Crippen molar-refractivity contribution in [1.29, 1.82) is 0 Å². The van der Waals surface area contributed by atoms with Gasteiger partial charge in [0.05, 0.1) is 6.42 Å². The van der Waals surface area contributed by atoms with Crippen LogP contribution in [0.1, 0.15) is 11.1 Å². The number of carbonyl (C=O) groups excluding carboxylic acids is 1. The maximum absolute atomic E-state index is 11.8. The molecule has 0 aliphatic rings. The minimum absolute atomic E-state index is 0.0954. The normalized spacial score (nSPS) is 10.2. The molecular weight excluding hydrogens is 252 g/mol. The molecular formula is C16H18N2O2. The van der Waals surface area contributed by atoms with E-state index in [0.29, 0.717) is 12.1 Å². The molecule has 2 rings (SSSR count). The number of para-hydroxylation sites is 1. The lowest BCUT2D eigenvalue weighted by molar-refractivity contribution is -0.120. The zero-order valence-corrected chi connectivity index (χ0v) is 11.2. The Morgan fingerprint density at radius 2 is 1.80 bits per heavy atom. The van der Waals surface area contributed by atoms with Gasteiger partial charge in [-0.05, 0) is 30.2 Å². The van der Waals surface area contributed by atoms with E-state index in [2.05, 4.69) is 5.32 Å². The first kappa shape index (κ1) is 13.9. The lowest BCUT2D eigenvalue weighted by Crippen LogP contribution is -2.27. The molecule has 2 aromatic carbocycles. The lowest BCUT2D eigenvalue weighted by Gasteiger charge is -2.07. The van der Waals surface area contributed by atoms with Gasteiger partial charge in [-0.15, -0.1) is 0 Å². The molecule has 20 heavy (non-hydrogen) atoms. The van der Waals surface area contributed by atoms with Crippen LogP contribution in [0, 0.1) is 0 Å². The first-order chi connectivity index (χ1) is 9.65. The van der Waals surface area contributed by atoms with Crippen LogP contribution in [0.2, 0.25) is 0 Å². The maximum Gasteiger partial charge on any atom is 0.224 e. The van der Waals surface area contributed by atoms with Gasteiger partial charge in [0.15, 0.2) is 0 Å². The Hall–Kier alpha value is -2.49. The molecule has 2 aromatic rings. The van der Waals surface area contributed by atoms with E-state index in [1.54, 1.807) is 24.3 Å². The first-order valence-electron chi connectivity index (χ1n) is 6.53. The number of hydrogen-bond donors (Lipinski definition) is 3. The maximum atomic E-state index is 11.8. The molecule has 0 bridgehead atoms. The number of hydrogen-bond acceptors (Lipinski definition) is 3. The number of nitrogens with one attached hydrogen (secondary N) is 1. The molecule has 0 saturated carbocycles. The van der Waals surface area contributed by atoms with Crippen LogP contribution in [-0.4, -0.2) is 17.6 Å². The van der Waals surface area contributed by atoms with Crippen molar-refractivity contribution < 1.29 is 9.90 Å². The van der Waals surface area contributed by atoms with Crippen molar-refractivity contribution in [2.24, 2.45) is 0 Å². The van der Waals surface area contributed by atoms with Crippen LogP contribution in [0.15, 0.2) is 48.5 Å². The molecule has 0 aliphatic heterocycles. The van der Waals surface area contributed by atoms with Crippen LogP contribution in [0.4, 0.5) is 5.69 Å². The molecule has 4 nitrogen and oxygen atoms in total. The van der Waals surface area contributed by atoms with Crippen LogP contribution in [0.5, 0.6) is 5.75 Å². The van der Waals surface area contributed by atoms with Crippen molar-refractivity contribution in [2.45, 2.75) is 12.8 Å². The van der Waals surface area contributed by atoms with Gasteiger partial charge < -0.3 is 16.2 Å². The Labute approximate surface area is 118 Å². The fourth-order valence-electron chi connectivity index (χ4n) is 1.93. The van der Waals surface area contributed by atoms with Gasteiger partial charge >= 0.3 is 0 Å². The van der Waals surface area contributed by atoms with Crippen LogP contribution in [0.3, 0.4) is 0 Å². The lowest BCUT2D eigenvalue weighted by atomic mass is 10.1. The van der Waals surface area contributed by atoms with Gasteiger partial charge in [-0.25, -0.2) is 0 Å². The number of nitrogens with two attached hydrogens (primary N) is 1. The van der Waals surface area contributed by atoms with E-state index in [9.17, 15) is 9.90 Å². The fourth-order valence-corrected chi connectivity index (χ4v) is 1.93. The molecule has 0 aliphatic carbocycles. The number of anilines is 1. The van der Waals surface area contributed by atoms with E-state index in [4.69, 9.17) is 5.73 Å². The third-order valence-corrected chi connectivity index (χ3v) is 3.06. The summed E-state index contributed by atoms with van der Waals surface area (Å²) < 4.78 is 0. The highest BCUT2D eigenvalue weighted by Crippen LogP contribution is 2.15. The zero-order chi connectivity index (χ0) is 14.4. The minimum Gasteiger partial charge on any atom is -0.508 e. The van der Waals surface area contributed by atoms with E-state index in [1.807, 2.05) is 24.3 Å². The average Bonchev–Trinajstić information content (AvgIpc) is 2.44. The zero-order valence-electron chi connectivity index (χ0n) is 11.2. The Balaban J connectivity index is 1.78. The van der Waals surface area contributed by atoms with E-state index >= 15 is 0 Å². The molecule has 0 atom stereocenters. The van der Waals surface area contributed by atoms with Crippen molar-refractivity contribution in [3.63, 3.8) is 0 Å². The molecule has 0 aromatic heterocycles. The number of benzene rings is 2. The molecule has 0 saturated heterocycles. The van der Waals surface area contributed by atoms with E-state index < -0.39 is 0 Å². The second kappa shape index (κ2) is 6.61. The quantitative estimate of drug-likeness (QED) is 0.726. The van der Waals surface area contributed by atoms with Crippen molar-refractivity contribution in [1.82, 2.24) is 5.32 Å². The van der Waals surface area contributed by atoms with Crippen molar-refractivity contribution in [3.8, 4) is 5.75 Å². The third-order valence-electron chi connectivity index (χ3n) is 3.06. The van der Waals surface area contributed by atoms with Crippen LogP contribution in [0.25, 0.3) is 0 Å². The Bertz CT molecular complexity index is 579. The molecule has 4 heteroatoms. The van der Waals surface area contributed by atoms with Crippen LogP contribution < -0.4 is 11.1 Å². The molecule has 4 N–H and O–H groups in total. The summed E-state index contributed by atoms with van der Waals surface area (Å²) in [4.78, 5) is 11.8. The largest absolute Gasteiger partial charge is 0.508 e. The van der Waals surface area contributed by atoms with Crippen LogP contribution >= 0.6 is 0 Å². The van der Waals surface area contributed by atoms with Crippen molar-refractivity contribution in [2.75, 3.05) is 12.3 Å². The van der Waals surface area contributed by atoms with Gasteiger partial charge in [0.1, 0.15) is 5.75 Å². The predicted molar refractivity (Wildman–Crippen MR) is 79.4 cm³/mol. The van der Waals surface area contributed by atoms with E-state index in [0.717, 1.165) is 17.7 Å². The number of nitrogen functional groups attached to an aromatic ring is 1. The second-order valence-electron chi connectivity index (χ2n) is 4.65. The average molecular weight is 270 g/mol. The van der Waals surface area contributed by atoms with Gasteiger partial charge in [-0.1, -0.05) is 30.3 Å². The van der Waals surface area contributed by atoms with E-state index in [-0.39, 0.29) is 18.1 Å². The molecule has 0 heterocycles. The summed E-state index contributed by atoms with van der Waals surface area (Å²) in [5, 5.41) is 12.4. The fraction of sp³-hybridized carbons (Fsp3) is 0.188. The smallest absolute Gasteiger partial charge is 0.224 e. The number of phenols is 1. The monoisotopic (exact) mass is 270 g/mol. The summed E-state index contributed by atoms with van der Waals surface area (Å²) in [6, 6.07) is 14.5. The Morgan fingerprint density at radius 1 is 1.10 bits per heavy atom. The van der Waals surface area contributed by atoms with Gasteiger partial charge in [0, 0.05) is 17.8 Å². The highest BCUT2D eigenvalue weighted by molar-refractivity contribution is 5.79. The number of amides is 1. The summed E-state index contributed by atoms with van der Waals surface area (Å²) in [5.74, 6) is 0.0585. The highest BCUT2D eigenvalue weighted by Gasteiger charge is 2.06.